The highest BCUT2D eigenvalue weighted by molar-refractivity contribution is 5.85. The third-order valence-electron chi connectivity index (χ3n) is 3.00. The molecular weight excluding hydrogens is 252 g/mol. The summed E-state index contributed by atoms with van der Waals surface area (Å²) >= 11 is 0. The van der Waals surface area contributed by atoms with E-state index in [1.165, 1.54) is 0 Å². The maximum Gasteiger partial charge on any atom is 0.237 e. The summed E-state index contributed by atoms with van der Waals surface area (Å²) in [4.78, 5) is 11.7. The molecular formula is C13H19ClN2O2. The Morgan fingerprint density at radius 1 is 1.44 bits per heavy atom. The van der Waals surface area contributed by atoms with Gasteiger partial charge >= 0.3 is 0 Å². The lowest BCUT2D eigenvalue weighted by Gasteiger charge is -2.11. The van der Waals surface area contributed by atoms with Crippen LogP contribution in [0, 0.1) is 0 Å². The topological polar surface area (TPSA) is 50.4 Å². The molecule has 2 rings (SSSR count). The zero-order valence-electron chi connectivity index (χ0n) is 10.4. The van der Waals surface area contributed by atoms with Gasteiger partial charge in [0.1, 0.15) is 5.75 Å². The molecule has 1 aromatic carbocycles. The number of amides is 1. The quantitative estimate of drug-likeness (QED) is 0.872. The van der Waals surface area contributed by atoms with Crippen LogP contribution in [0.4, 0.5) is 0 Å². The highest BCUT2D eigenvalue weighted by Gasteiger charge is 2.21. The average molecular weight is 271 g/mol. The molecule has 0 aliphatic carbocycles. The lowest BCUT2D eigenvalue weighted by Crippen LogP contribution is -2.39. The van der Waals surface area contributed by atoms with E-state index in [9.17, 15) is 4.79 Å². The summed E-state index contributed by atoms with van der Waals surface area (Å²) in [5.74, 6) is 0.927. The van der Waals surface area contributed by atoms with E-state index in [0.29, 0.717) is 6.54 Å². The highest BCUT2D eigenvalue weighted by Crippen LogP contribution is 2.11. The Bertz CT molecular complexity index is 375. The molecule has 1 amide bonds. The molecule has 1 aliphatic rings. The number of hydrogen-bond donors (Lipinski definition) is 2. The minimum Gasteiger partial charge on any atom is -0.497 e. The van der Waals surface area contributed by atoms with Gasteiger partial charge in [0.25, 0.3) is 0 Å². The molecule has 4 nitrogen and oxygen atoms in total. The van der Waals surface area contributed by atoms with Crippen molar-refractivity contribution in [3.63, 3.8) is 0 Å². The molecule has 18 heavy (non-hydrogen) atoms. The van der Waals surface area contributed by atoms with Crippen LogP contribution in [-0.4, -0.2) is 25.6 Å². The predicted octanol–water partition coefficient (Wildman–Crippen LogP) is 1.49. The third kappa shape index (κ3) is 3.89. The van der Waals surface area contributed by atoms with Crippen LogP contribution in [0.2, 0.25) is 0 Å². The molecule has 1 saturated heterocycles. The molecule has 1 aliphatic heterocycles. The van der Waals surface area contributed by atoms with Crippen LogP contribution in [0.1, 0.15) is 18.4 Å². The van der Waals surface area contributed by atoms with E-state index in [-0.39, 0.29) is 24.4 Å². The van der Waals surface area contributed by atoms with E-state index in [0.717, 1.165) is 30.7 Å². The van der Waals surface area contributed by atoms with Crippen LogP contribution in [0.3, 0.4) is 0 Å². The van der Waals surface area contributed by atoms with Gasteiger partial charge in [-0.15, -0.1) is 12.4 Å². The fraction of sp³-hybridized carbons (Fsp3) is 0.462. The molecule has 1 atom stereocenters. The Hall–Kier alpha value is -1.26. The van der Waals surface area contributed by atoms with Crippen LogP contribution in [0.15, 0.2) is 24.3 Å². The fourth-order valence-electron chi connectivity index (χ4n) is 1.96. The summed E-state index contributed by atoms with van der Waals surface area (Å²) in [6.07, 6.45) is 2.02. The van der Waals surface area contributed by atoms with Crippen LogP contribution < -0.4 is 15.4 Å². The number of rotatable bonds is 4. The number of benzene rings is 1. The minimum atomic E-state index is -0.00625. The summed E-state index contributed by atoms with van der Waals surface area (Å²) in [5.41, 5.74) is 1.08. The van der Waals surface area contributed by atoms with E-state index in [1.807, 2.05) is 24.3 Å². The molecule has 1 unspecified atom stereocenters. The Kier molecular flexibility index (Phi) is 5.95. The van der Waals surface area contributed by atoms with Crippen molar-refractivity contribution in [2.24, 2.45) is 0 Å². The molecule has 2 N–H and O–H groups in total. The predicted molar refractivity (Wildman–Crippen MR) is 73.1 cm³/mol. The van der Waals surface area contributed by atoms with Gasteiger partial charge in [-0.2, -0.15) is 0 Å². The van der Waals surface area contributed by atoms with E-state index >= 15 is 0 Å². The lowest BCUT2D eigenvalue weighted by atomic mass is 10.2. The SMILES string of the molecule is COc1ccc(CNC(=O)C2CCCN2)cc1.Cl. The smallest absolute Gasteiger partial charge is 0.237 e. The minimum absolute atomic E-state index is 0. The van der Waals surface area contributed by atoms with Crippen molar-refractivity contribution in [1.29, 1.82) is 0 Å². The molecule has 1 fully saturated rings. The Morgan fingerprint density at radius 3 is 2.72 bits per heavy atom. The van der Waals surface area contributed by atoms with Gasteiger partial charge < -0.3 is 15.4 Å². The Morgan fingerprint density at radius 2 is 2.17 bits per heavy atom. The van der Waals surface area contributed by atoms with E-state index < -0.39 is 0 Å². The fourth-order valence-corrected chi connectivity index (χ4v) is 1.96. The van der Waals surface area contributed by atoms with Crippen LogP contribution in [0.25, 0.3) is 0 Å². The van der Waals surface area contributed by atoms with Crippen molar-refractivity contribution in [2.75, 3.05) is 13.7 Å². The van der Waals surface area contributed by atoms with E-state index in [1.54, 1.807) is 7.11 Å². The zero-order chi connectivity index (χ0) is 12.1. The Labute approximate surface area is 114 Å². The number of methoxy groups -OCH3 is 1. The molecule has 100 valence electrons. The normalized spacial score (nSPS) is 17.9. The number of hydrogen-bond acceptors (Lipinski definition) is 3. The first-order valence-corrected chi connectivity index (χ1v) is 5.93. The van der Waals surface area contributed by atoms with Crippen LogP contribution in [-0.2, 0) is 11.3 Å². The second-order valence-electron chi connectivity index (χ2n) is 4.21. The van der Waals surface area contributed by atoms with Crippen molar-refractivity contribution in [2.45, 2.75) is 25.4 Å². The number of carbonyl (C=O) groups is 1. The van der Waals surface area contributed by atoms with Crippen LogP contribution >= 0.6 is 12.4 Å². The maximum absolute atomic E-state index is 11.7. The van der Waals surface area contributed by atoms with Crippen molar-refractivity contribution >= 4 is 18.3 Å². The second kappa shape index (κ2) is 7.24. The van der Waals surface area contributed by atoms with Crippen molar-refractivity contribution < 1.29 is 9.53 Å². The van der Waals surface area contributed by atoms with Gasteiger partial charge in [0.15, 0.2) is 0 Å². The summed E-state index contributed by atoms with van der Waals surface area (Å²) in [7, 11) is 1.64. The standard InChI is InChI=1S/C13H18N2O2.ClH/c1-17-11-6-4-10(5-7-11)9-15-13(16)12-3-2-8-14-12;/h4-7,12,14H,2-3,8-9H2,1H3,(H,15,16);1H. The van der Waals surface area contributed by atoms with Gasteiger partial charge in [0, 0.05) is 6.54 Å². The Balaban J connectivity index is 0.00000162. The van der Waals surface area contributed by atoms with Gasteiger partial charge in [-0.05, 0) is 37.1 Å². The molecule has 0 saturated carbocycles. The van der Waals surface area contributed by atoms with Gasteiger partial charge in [-0.3, -0.25) is 4.79 Å². The third-order valence-corrected chi connectivity index (χ3v) is 3.00. The van der Waals surface area contributed by atoms with Crippen LogP contribution in [0.5, 0.6) is 5.75 Å². The van der Waals surface area contributed by atoms with E-state index in [4.69, 9.17) is 4.74 Å². The lowest BCUT2D eigenvalue weighted by molar-refractivity contribution is -0.122. The largest absolute Gasteiger partial charge is 0.497 e. The first-order chi connectivity index (χ1) is 8.29. The zero-order valence-corrected chi connectivity index (χ0v) is 11.3. The molecule has 0 spiro atoms. The molecule has 1 aromatic rings. The second-order valence-corrected chi connectivity index (χ2v) is 4.21. The van der Waals surface area contributed by atoms with E-state index in [2.05, 4.69) is 10.6 Å². The monoisotopic (exact) mass is 270 g/mol. The van der Waals surface area contributed by atoms with Crippen molar-refractivity contribution in [3.8, 4) is 5.75 Å². The first-order valence-electron chi connectivity index (χ1n) is 5.93. The van der Waals surface area contributed by atoms with Crippen molar-refractivity contribution in [3.05, 3.63) is 29.8 Å². The molecule has 0 bridgehead atoms. The van der Waals surface area contributed by atoms with Gasteiger partial charge in [-0.25, -0.2) is 0 Å². The summed E-state index contributed by atoms with van der Waals surface area (Å²) in [6.45, 7) is 1.52. The molecule has 0 radical (unpaired) electrons. The molecule has 5 heteroatoms. The average Bonchev–Trinajstić information content (AvgIpc) is 2.90. The highest BCUT2D eigenvalue weighted by atomic mass is 35.5. The summed E-state index contributed by atoms with van der Waals surface area (Å²) in [6, 6.07) is 7.71. The van der Waals surface area contributed by atoms with Gasteiger partial charge in [-0.1, -0.05) is 12.1 Å². The number of halogens is 1. The number of ether oxygens (including phenoxy) is 1. The van der Waals surface area contributed by atoms with Crippen molar-refractivity contribution in [1.82, 2.24) is 10.6 Å². The summed E-state index contributed by atoms with van der Waals surface area (Å²) in [5, 5.41) is 6.11. The number of nitrogens with one attached hydrogen (secondary N) is 2. The van der Waals surface area contributed by atoms with Gasteiger partial charge in [0.05, 0.1) is 13.2 Å². The maximum atomic E-state index is 11.7. The number of carbonyl (C=O) groups excluding carboxylic acids is 1. The molecule has 1 heterocycles. The summed E-state index contributed by atoms with van der Waals surface area (Å²) < 4.78 is 5.08. The van der Waals surface area contributed by atoms with Gasteiger partial charge in [0.2, 0.25) is 5.91 Å². The first kappa shape index (κ1) is 14.8. The molecule has 0 aromatic heterocycles.